The summed E-state index contributed by atoms with van der Waals surface area (Å²) in [6, 6.07) is 5.32. The molecule has 0 spiro atoms. The molecule has 0 aliphatic heterocycles. The molecule has 3 aliphatic carbocycles. The van der Waals surface area contributed by atoms with E-state index in [0.717, 1.165) is 0 Å². The number of benzene rings is 1. The summed E-state index contributed by atoms with van der Waals surface area (Å²) < 4.78 is 6.16. The predicted molar refractivity (Wildman–Crippen MR) is 139 cm³/mol. The van der Waals surface area contributed by atoms with Gasteiger partial charge in [-0.3, -0.25) is 0 Å². The van der Waals surface area contributed by atoms with E-state index in [1.54, 1.807) is 44.5 Å². The first-order valence-electron chi connectivity index (χ1n) is 13.2. The van der Waals surface area contributed by atoms with Crippen LogP contribution in [0.1, 0.15) is 103 Å². The van der Waals surface area contributed by atoms with Crippen molar-refractivity contribution in [2.24, 2.45) is 5.41 Å². The van der Waals surface area contributed by atoms with Crippen LogP contribution in [0.5, 0.6) is 0 Å². The Balaban J connectivity index is 1.90. The van der Waals surface area contributed by atoms with Gasteiger partial charge in [0.25, 0.3) is 0 Å². The Morgan fingerprint density at radius 1 is 0.844 bits per heavy atom. The van der Waals surface area contributed by atoms with Crippen molar-refractivity contribution in [3.8, 4) is 0 Å². The van der Waals surface area contributed by atoms with Crippen molar-refractivity contribution < 1.29 is 20.0 Å². The molecule has 1 aromatic carbocycles. The summed E-state index contributed by atoms with van der Waals surface area (Å²) in [5, 5.41) is 0. The Bertz CT molecular complexity index is 1020. The zero-order chi connectivity index (χ0) is 23.7. The number of hydrogen-bond donors (Lipinski definition) is 0. The summed E-state index contributed by atoms with van der Waals surface area (Å²) in [4.78, 5) is 0. The zero-order valence-electron chi connectivity index (χ0n) is 22.6. The first-order chi connectivity index (χ1) is 14.9. The van der Waals surface area contributed by atoms with Crippen LogP contribution in [0.3, 0.4) is 0 Å². The van der Waals surface area contributed by atoms with Gasteiger partial charge in [0.05, 0.1) is 0 Å². The van der Waals surface area contributed by atoms with E-state index in [-0.39, 0.29) is 6.34 Å². The quantitative estimate of drug-likeness (QED) is 0.287. The Labute approximate surface area is 203 Å². The van der Waals surface area contributed by atoms with E-state index >= 15 is 0 Å². The standard InChI is InChI=1S/C19H25.C10H15.2CH3.Hf/c1-4-7-14-8-9-15-10-16-12-19(5-2,6-3)13-17(16)11-18(14)15;1-6-7(2)9(4)10(5)8(6)3;;;/h8-11H,4-7,12-13H2,1-3H3;1-5H3;2*1H3;. The molecule has 1 heteroatoms. The SMILES string of the molecule is CCC[C]1([Hf]([CH3])([CH3])[C]2(C)C(C)=C(C)C(C)=C2C)C=Cc2cc3c(cc21)CC(CC)(CC)C3. The molecule has 0 heterocycles. The first-order valence-corrected chi connectivity index (χ1v) is 23.9. The van der Waals surface area contributed by atoms with Crippen molar-refractivity contribution in [2.45, 2.75) is 110 Å². The molecule has 1 unspecified atom stereocenters. The minimum atomic E-state index is -3.05. The molecular formula is C31H46Hf. The van der Waals surface area contributed by atoms with Gasteiger partial charge in [0.1, 0.15) is 0 Å². The molecule has 3 aliphatic rings. The molecule has 174 valence electrons. The molecule has 1 aromatic rings. The summed E-state index contributed by atoms with van der Waals surface area (Å²) >= 11 is -3.05. The van der Waals surface area contributed by atoms with Crippen molar-refractivity contribution in [1.29, 1.82) is 0 Å². The van der Waals surface area contributed by atoms with Crippen LogP contribution in [0.15, 0.2) is 40.5 Å². The predicted octanol–water partition coefficient (Wildman–Crippen LogP) is 9.73. The molecule has 0 aromatic heterocycles. The second-order valence-corrected chi connectivity index (χ2v) is 30.5. The summed E-state index contributed by atoms with van der Waals surface area (Å²) in [6.45, 7) is 19.5. The Kier molecular flexibility index (Phi) is 6.05. The van der Waals surface area contributed by atoms with Crippen molar-refractivity contribution in [1.82, 2.24) is 0 Å². The van der Waals surface area contributed by atoms with E-state index in [4.69, 9.17) is 0 Å². The molecular weight excluding hydrogens is 551 g/mol. The summed E-state index contributed by atoms with van der Waals surface area (Å²) in [5.74, 6) is 0. The van der Waals surface area contributed by atoms with Crippen LogP contribution >= 0.6 is 0 Å². The Morgan fingerprint density at radius 3 is 1.88 bits per heavy atom. The molecule has 0 amide bonds. The molecule has 0 N–H and O–H groups in total. The van der Waals surface area contributed by atoms with Crippen LogP contribution in [0, 0.1) is 5.41 Å². The van der Waals surface area contributed by atoms with Crippen LogP contribution in [0.2, 0.25) is 12.5 Å². The van der Waals surface area contributed by atoms with Crippen LogP contribution in [-0.2, 0) is 36.0 Å². The van der Waals surface area contributed by atoms with E-state index in [9.17, 15) is 0 Å². The van der Waals surface area contributed by atoms with Crippen molar-refractivity contribution in [2.75, 3.05) is 0 Å². The normalized spacial score (nSPS) is 25.7. The van der Waals surface area contributed by atoms with E-state index in [1.807, 2.05) is 0 Å². The van der Waals surface area contributed by atoms with Crippen LogP contribution < -0.4 is 0 Å². The average Bonchev–Trinajstić information content (AvgIpc) is 3.37. The topological polar surface area (TPSA) is 0 Å². The number of rotatable bonds is 6. The molecule has 0 fully saturated rings. The number of allylic oxidation sites excluding steroid dienone is 5. The van der Waals surface area contributed by atoms with E-state index in [2.05, 4.69) is 89.0 Å². The molecule has 0 nitrogen and oxygen atoms in total. The van der Waals surface area contributed by atoms with Gasteiger partial charge in [-0.15, -0.1) is 0 Å². The van der Waals surface area contributed by atoms with E-state index in [1.165, 1.54) is 38.5 Å². The van der Waals surface area contributed by atoms with Gasteiger partial charge in [0.2, 0.25) is 0 Å². The van der Waals surface area contributed by atoms with Crippen LogP contribution in [0.4, 0.5) is 0 Å². The van der Waals surface area contributed by atoms with Gasteiger partial charge in [0, 0.05) is 0 Å². The fraction of sp³-hybridized carbons (Fsp3) is 0.613. The second-order valence-electron chi connectivity index (χ2n) is 12.1. The third-order valence-corrected chi connectivity index (χ3v) is 33.4. The fourth-order valence-corrected chi connectivity index (χ4v) is 27.4. The number of fused-ring (bicyclic) bond motifs is 2. The Morgan fingerprint density at radius 2 is 1.38 bits per heavy atom. The summed E-state index contributed by atoms with van der Waals surface area (Å²) in [6.07, 6.45) is 13.0. The van der Waals surface area contributed by atoms with E-state index in [0.29, 0.717) is 5.41 Å². The summed E-state index contributed by atoms with van der Waals surface area (Å²) in [5.41, 5.74) is 13.5. The third kappa shape index (κ3) is 2.95. The zero-order valence-corrected chi connectivity index (χ0v) is 26.1. The monoisotopic (exact) mass is 598 g/mol. The first kappa shape index (κ1) is 24.4. The molecule has 0 bridgehead atoms. The van der Waals surface area contributed by atoms with Gasteiger partial charge in [-0.05, 0) is 0 Å². The van der Waals surface area contributed by atoms with Crippen molar-refractivity contribution in [3.05, 3.63) is 62.8 Å². The molecule has 4 rings (SSSR count). The van der Waals surface area contributed by atoms with Gasteiger partial charge in [-0.2, -0.15) is 0 Å². The van der Waals surface area contributed by atoms with Gasteiger partial charge in [0.15, 0.2) is 0 Å². The van der Waals surface area contributed by atoms with Crippen LogP contribution in [0.25, 0.3) is 6.08 Å². The van der Waals surface area contributed by atoms with Crippen molar-refractivity contribution in [3.63, 3.8) is 0 Å². The summed E-state index contributed by atoms with van der Waals surface area (Å²) in [7, 11) is 0. The van der Waals surface area contributed by atoms with Gasteiger partial charge in [-0.25, -0.2) is 0 Å². The average molecular weight is 597 g/mol. The molecule has 0 saturated carbocycles. The molecule has 32 heavy (non-hydrogen) atoms. The third-order valence-electron chi connectivity index (χ3n) is 11.2. The van der Waals surface area contributed by atoms with Crippen LogP contribution in [-0.4, -0.2) is 0 Å². The minimum absolute atomic E-state index is 0.290. The van der Waals surface area contributed by atoms with E-state index < -0.39 is 20.0 Å². The van der Waals surface area contributed by atoms with Gasteiger partial charge >= 0.3 is 204 Å². The molecule has 1 atom stereocenters. The maximum atomic E-state index is 2.79. The molecule has 0 radical (unpaired) electrons. The van der Waals surface area contributed by atoms with Crippen molar-refractivity contribution >= 4 is 6.08 Å². The molecule has 0 saturated heterocycles. The Hall–Kier alpha value is -0.690. The van der Waals surface area contributed by atoms with Gasteiger partial charge < -0.3 is 0 Å². The second kappa shape index (κ2) is 7.93. The fourth-order valence-electron chi connectivity index (χ4n) is 7.95. The van der Waals surface area contributed by atoms with Gasteiger partial charge in [-0.1, -0.05) is 0 Å². The maximum absolute atomic E-state index is 3.05. The number of hydrogen-bond acceptors (Lipinski definition) is 0.